The predicted molar refractivity (Wildman–Crippen MR) is 106 cm³/mol. The van der Waals surface area contributed by atoms with Gasteiger partial charge in [-0.25, -0.2) is 9.97 Å². The number of amides is 1. The standard InChI is InChI=1S/C19H15ClF3N3O2S/c1-10(25-11(2)27)3-4-12-5-8-15(24-9-12)28-14-7-6-13-17(16(14)20)29-18(26-13)19(21,22)23/h3-10H,1-2H3,(H,25,27)/b4-3+/t10-/m0/s1. The first kappa shape index (κ1) is 21.1. The lowest BCUT2D eigenvalue weighted by Crippen LogP contribution is -2.28. The van der Waals surface area contributed by atoms with Gasteiger partial charge in [-0.3, -0.25) is 4.79 Å². The van der Waals surface area contributed by atoms with Gasteiger partial charge in [0.1, 0.15) is 10.8 Å². The van der Waals surface area contributed by atoms with Crippen molar-refractivity contribution >= 4 is 45.1 Å². The van der Waals surface area contributed by atoms with Crippen molar-refractivity contribution in [1.82, 2.24) is 15.3 Å². The average molecular weight is 442 g/mol. The molecule has 0 aliphatic rings. The molecule has 1 amide bonds. The highest BCUT2D eigenvalue weighted by molar-refractivity contribution is 7.19. The molecule has 2 aromatic heterocycles. The van der Waals surface area contributed by atoms with Gasteiger partial charge >= 0.3 is 6.18 Å². The normalized spacial score (nSPS) is 13.0. The number of pyridine rings is 1. The van der Waals surface area contributed by atoms with Crippen LogP contribution in [0.2, 0.25) is 5.02 Å². The van der Waals surface area contributed by atoms with Crippen LogP contribution in [-0.2, 0) is 11.0 Å². The largest absolute Gasteiger partial charge is 0.443 e. The number of aromatic nitrogens is 2. The van der Waals surface area contributed by atoms with Crippen molar-refractivity contribution in [3.05, 3.63) is 52.1 Å². The van der Waals surface area contributed by atoms with E-state index in [1.807, 2.05) is 13.0 Å². The Morgan fingerprint density at radius 2 is 2.07 bits per heavy atom. The molecule has 3 aromatic rings. The predicted octanol–water partition coefficient (Wildman–Crippen LogP) is 5.69. The molecule has 0 unspecified atom stereocenters. The summed E-state index contributed by atoms with van der Waals surface area (Å²) in [6.45, 7) is 3.28. The fourth-order valence-corrected chi connectivity index (χ4v) is 3.61. The van der Waals surface area contributed by atoms with E-state index in [1.165, 1.54) is 19.1 Å². The van der Waals surface area contributed by atoms with E-state index in [-0.39, 0.29) is 38.8 Å². The van der Waals surface area contributed by atoms with Crippen molar-refractivity contribution in [2.75, 3.05) is 0 Å². The summed E-state index contributed by atoms with van der Waals surface area (Å²) in [6, 6.07) is 6.10. The Kier molecular flexibility index (Phi) is 6.09. The summed E-state index contributed by atoms with van der Waals surface area (Å²) in [5.41, 5.74) is 0.940. The molecule has 0 aliphatic heterocycles. The first-order chi connectivity index (χ1) is 13.6. The van der Waals surface area contributed by atoms with Gasteiger partial charge in [0.2, 0.25) is 11.8 Å². The maximum atomic E-state index is 12.9. The summed E-state index contributed by atoms with van der Waals surface area (Å²) in [7, 11) is 0. The fourth-order valence-electron chi connectivity index (χ4n) is 2.43. The van der Waals surface area contributed by atoms with E-state index in [2.05, 4.69) is 15.3 Å². The van der Waals surface area contributed by atoms with Crippen LogP contribution in [0.25, 0.3) is 16.3 Å². The number of carbonyl (C=O) groups is 1. The smallest absolute Gasteiger partial charge is 0.437 e. The molecular formula is C19H15ClF3N3O2S. The number of nitrogens with zero attached hydrogens (tertiary/aromatic N) is 2. The molecule has 1 atom stereocenters. The highest BCUT2D eigenvalue weighted by Gasteiger charge is 2.35. The van der Waals surface area contributed by atoms with Gasteiger partial charge in [0.15, 0.2) is 5.01 Å². The van der Waals surface area contributed by atoms with Crippen LogP contribution in [0.15, 0.2) is 36.5 Å². The molecule has 1 N–H and O–H groups in total. The maximum absolute atomic E-state index is 12.9. The van der Waals surface area contributed by atoms with Crippen molar-refractivity contribution < 1.29 is 22.7 Å². The number of thiazole rings is 1. The molecule has 0 spiro atoms. The van der Waals surface area contributed by atoms with E-state index in [0.717, 1.165) is 5.56 Å². The summed E-state index contributed by atoms with van der Waals surface area (Å²) >= 11 is 6.68. The lowest BCUT2D eigenvalue weighted by Gasteiger charge is -2.08. The number of fused-ring (bicyclic) bond motifs is 1. The van der Waals surface area contributed by atoms with Gasteiger partial charge in [0, 0.05) is 25.2 Å². The minimum absolute atomic E-state index is 0.0467. The number of rotatable bonds is 5. The van der Waals surface area contributed by atoms with E-state index in [1.54, 1.807) is 24.4 Å². The Hall–Kier alpha value is -2.65. The number of hydrogen-bond donors (Lipinski definition) is 1. The number of carbonyl (C=O) groups excluding carboxylic acids is 1. The van der Waals surface area contributed by atoms with Crippen LogP contribution in [0.5, 0.6) is 11.6 Å². The monoisotopic (exact) mass is 441 g/mol. The minimum Gasteiger partial charge on any atom is -0.437 e. The number of hydrogen-bond acceptors (Lipinski definition) is 5. The first-order valence-corrected chi connectivity index (χ1v) is 9.58. The number of ether oxygens (including phenoxy) is 1. The van der Waals surface area contributed by atoms with Crippen molar-refractivity contribution in [2.24, 2.45) is 0 Å². The molecule has 0 bridgehead atoms. The second kappa shape index (κ2) is 8.38. The number of alkyl halides is 3. The molecule has 0 fully saturated rings. The van der Waals surface area contributed by atoms with Crippen molar-refractivity contribution in [3.63, 3.8) is 0 Å². The lowest BCUT2D eigenvalue weighted by molar-refractivity contribution is -0.137. The van der Waals surface area contributed by atoms with E-state index in [4.69, 9.17) is 16.3 Å². The third-order valence-electron chi connectivity index (χ3n) is 3.69. The number of nitrogens with one attached hydrogen (secondary N) is 1. The zero-order valence-corrected chi connectivity index (χ0v) is 16.8. The molecule has 29 heavy (non-hydrogen) atoms. The van der Waals surface area contributed by atoms with Gasteiger partial charge in [0.25, 0.3) is 0 Å². The van der Waals surface area contributed by atoms with Crippen LogP contribution in [0.4, 0.5) is 13.2 Å². The van der Waals surface area contributed by atoms with Crippen LogP contribution in [0, 0.1) is 0 Å². The molecule has 0 saturated heterocycles. The lowest BCUT2D eigenvalue weighted by atomic mass is 10.2. The molecule has 5 nitrogen and oxygen atoms in total. The molecular weight excluding hydrogens is 427 g/mol. The summed E-state index contributed by atoms with van der Waals surface area (Å²) < 4.78 is 44.4. The van der Waals surface area contributed by atoms with Gasteiger partial charge in [-0.1, -0.05) is 23.8 Å². The van der Waals surface area contributed by atoms with Crippen molar-refractivity contribution in [3.8, 4) is 11.6 Å². The van der Waals surface area contributed by atoms with Crippen LogP contribution in [0.1, 0.15) is 24.4 Å². The first-order valence-electron chi connectivity index (χ1n) is 8.39. The Morgan fingerprint density at radius 3 is 2.69 bits per heavy atom. The molecule has 1 aromatic carbocycles. The zero-order chi connectivity index (χ0) is 21.2. The number of benzene rings is 1. The number of halogens is 4. The Balaban J connectivity index is 1.76. The molecule has 10 heteroatoms. The van der Waals surface area contributed by atoms with Crippen molar-refractivity contribution in [1.29, 1.82) is 0 Å². The van der Waals surface area contributed by atoms with Gasteiger partial charge < -0.3 is 10.1 Å². The minimum atomic E-state index is -4.53. The molecule has 2 heterocycles. The van der Waals surface area contributed by atoms with E-state index >= 15 is 0 Å². The van der Waals surface area contributed by atoms with E-state index in [0.29, 0.717) is 11.3 Å². The van der Waals surface area contributed by atoms with E-state index < -0.39 is 11.2 Å². The molecule has 0 saturated carbocycles. The van der Waals surface area contributed by atoms with Gasteiger partial charge in [-0.15, -0.1) is 11.3 Å². The van der Waals surface area contributed by atoms with E-state index in [9.17, 15) is 18.0 Å². The van der Waals surface area contributed by atoms with Crippen LogP contribution >= 0.6 is 22.9 Å². The Bertz CT molecular complexity index is 1060. The quantitative estimate of drug-likeness (QED) is 0.552. The third kappa shape index (κ3) is 5.24. The second-order valence-electron chi connectivity index (χ2n) is 6.12. The summed E-state index contributed by atoms with van der Waals surface area (Å²) in [4.78, 5) is 18.7. The van der Waals surface area contributed by atoms with Crippen LogP contribution in [0.3, 0.4) is 0 Å². The Labute approximate surface area is 173 Å². The molecule has 0 radical (unpaired) electrons. The van der Waals surface area contributed by atoms with Gasteiger partial charge in [0.05, 0.1) is 10.2 Å². The van der Waals surface area contributed by atoms with Crippen molar-refractivity contribution in [2.45, 2.75) is 26.1 Å². The SMILES string of the molecule is CC(=O)N[C@@H](C)/C=C/c1ccc(Oc2ccc3nc(C(F)(F)F)sc3c2Cl)nc1. The highest BCUT2D eigenvalue weighted by Crippen LogP contribution is 2.42. The topological polar surface area (TPSA) is 64.1 Å². The maximum Gasteiger partial charge on any atom is 0.443 e. The molecule has 3 rings (SSSR count). The van der Waals surface area contributed by atoms with Gasteiger partial charge in [-0.05, 0) is 30.7 Å². The van der Waals surface area contributed by atoms with Crippen LogP contribution < -0.4 is 10.1 Å². The average Bonchev–Trinajstić information content (AvgIpc) is 3.08. The highest BCUT2D eigenvalue weighted by atomic mass is 35.5. The summed E-state index contributed by atoms with van der Waals surface area (Å²) in [5, 5.41) is 1.81. The second-order valence-corrected chi connectivity index (χ2v) is 7.50. The fraction of sp³-hybridized carbons (Fsp3) is 0.211. The zero-order valence-electron chi connectivity index (χ0n) is 15.2. The van der Waals surface area contributed by atoms with Crippen LogP contribution in [-0.4, -0.2) is 21.9 Å². The molecule has 152 valence electrons. The van der Waals surface area contributed by atoms with Gasteiger partial charge in [-0.2, -0.15) is 13.2 Å². The summed E-state index contributed by atoms with van der Waals surface area (Å²) in [5.74, 6) is 0.298. The third-order valence-corrected chi connectivity index (χ3v) is 5.31. The Morgan fingerprint density at radius 1 is 1.31 bits per heavy atom. The molecule has 0 aliphatic carbocycles. The summed E-state index contributed by atoms with van der Waals surface area (Å²) in [6.07, 6.45) is 0.641.